The van der Waals surface area contributed by atoms with Crippen molar-refractivity contribution in [3.8, 4) is 45.9 Å². The number of fused-ring (bicyclic) bond motifs is 8. The van der Waals surface area contributed by atoms with Crippen LogP contribution in [0.1, 0.15) is 103 Å². The standard InChI is InChI=1S/C33H38N4O6.C22H22O8/c1-3-22-23-16-21(43-32(40)36-14-10-20(11-15-36)35-12-6-5-7-13-35)8-9-27(23)34-29-24(22)18-37-28(29)17-26-25(30(37)38)19-42-31(39)33(26,41)4-2;1-25-16-4-10(5-17(26-2)21(16)27-3)18-11-6-14-15(30-9-29-14)7-12(11)20(23)13-8-28-22(24)19(13)18/h8-9,16-17,20,41H,3-7,10-15,18-19H2,1-2H3;4-7,13,18-20,23H,8-9H2,1-3H3/t33-;13-,18+,19-,20-/m00/s1. The van der Waals surface area contributed by atoms with Crippen LogP contribution in [0.25, 0.3) is 22.3 Å². The molecule has 6 aliphatic heterocycles. The number of aryl methyl sites for hydroxylation is 1. The van der Waals surface area contributed by atoms with Crippen LogP contribution in [-0.2, 0) is 44.2 Å². The Balaban J connectivity index is 0.000000168. The number of hydrogen-bond donors (Lipinski definition) is 2. The van der Waals surface area contributed by atoms with Crippen LogP contribution >= 0.6 is 0 Å². The quantitative estimate of drug-likeness (QED) is 0.156. The van der Waals surface area contributed by atoms with E-state index in [0.717, 1.165) is 46.0 Å². The Bertz CT molecular complexity index is 3080. The molecule has 384 valence electrons. The average molecular weight is 1000 g/mol. The molecule has 2 aromatic heterocycles. The van der Waals surface area contributed by atoms with Gasteiger partial charge in [-0.1, -0.05) is 20.3 Å². The molecule has 0 saturated carbocycles. The molecule has 5 atom stereocenters. The van der Waals surface area contributed by atoms with Gasteiger partial charge in [0, 0.05) is 47.5 Å². The van der Waals surface area contributed by atoms with E-state index in [9.17, 15) is 29.4 Å². The van der Waals surface area contributed by atoms with Crippen molar-refractivity contribution in [2.24, 2.45) is 11.8 Å². The number of piperidine rings is 2. The molecule has 7 aliphatic rings. The van der Waals surface area contributed by atoms with Gasteiger partial charge in [0.1, 0.15) is 12.4 Å². The maximum Gasteiger partial charge on any atom is 0.415 e. The summed E-state index contributed by atoms with van der Waals surface area (Å²) in [6, 6.07) is 15.1. The van der Waals surface area contributed by atoms with Crippen molar-refractivity contribution >= 4 is 28.9 Å². The number of methoxy groups -OCH3 is 3. The number of pyridine rings is 2. The number of rotatable bonds is 8. The summed E-state index contributed by atoms with van der Waals surface area (Å²) in [6.45, 7) is 7.94. The Morgan fingerprint density at radius 3 is 2.22 bits per heavy atom. The number of ether oxygens (including phenoxy) is 8. The van der Waals surface area contributed by atoms with Crippen LogP contribution < -0.4 is 34.0 Å². The van der Waals surface area contributed by atoms with Gasteiger partial charge in [-0.15, -0.1) is 0 Å². The van der Waals surface area contributed by atoms with Gasteiger partial charge in [0.15, 0.2) is 28.6 Å². The molecule has 1 aliphatic carbocycles. The summed E-state index contributed by atoms with van der Waals surface area (Å²) in [5, 5.41) is 23.1. The molecule has 0 bridgehead atoms. The lowest BCUT2D eigenvalue weighted by Crippen LogP contribution is -2.48. The molecule has 18 nitrogen and oxygen atoms in total. The number of aliphatic hydroxyl groups excluding tert-OH is 1. The lowest BCUT2D eigenvalue weighted by Gasteiger charge is -2.39. The van der Waals surface area contributed by atoms with E-state index in [4.69, 9.17) is 42.9 Å². The SMILES string of the molecule is CCc1c2c(nc3ccc(OC(=O)N4CCC(N5CCCCC5)CC4)cc13)-c1cc3c(c(=O)n1C2)COC(=O)[C@]3(O)CC.COc1cc([C@@H]2c3cc4c(cc3[C@H](O)[C@H]3COC(=O)[C@H]23)OCO4)cc(OC)c1OC. The molecule has 0 radical (unpaired) electrons. The Labute approximate surface area is 421 Å². The zero-order valence-corrected chi connectivity index (χ0v) is 41.7. The lowest BCUT2D eigenvalue weighted by molar-refractivity contribution is -0.172. The molecule has 5 aromatic rings. The third kappa shape index (κ3) is 8.08. The number of hydrogen-bond acceptors (Lipinski definition) is 16. The van der Waals surface area contributed by atoms with E-state index in [1.54, 1.807) is 43.9 Å². The fourth-order valence-corrected chi connectivity index (χ4v) is 12.3. The normalized spacial score (nSPS) is 23.7. The average Bonchev–Trinajstić information content (AvgIpc) is 4.16. The zero-order valence-electron chi connectivity index (χ0n) is 41.7. The first-order valence-electron chi connectivity index (χ1n) is 25.3. The van der Waals surface area contributed by atoms with Crippen LogP contribution in [0.3, 0.4) is 0 Å². The van der Waals surface area contributed by atoms with Gasteiger partial charge < -0.3 is 62.5 Å². The maximum atomic E-state index is 13.6. The van der Waals surface area contributed by atoms with Gasteiger partial charge >= 0.3 is 18.0 Å². The van der Waals surface area contributed by atoms with E-state index in [1.807, 2.05) is 35.2 Å². The zero-order chi connectivity index (χ0) is 50.9. The van der Waals surface area contributed by atoms with Gasteiger partial charge in [-0.25, -0.2) is 14.6 Å². The number of carbonyl (C=O) groups is 3. The third-order valence-electron chi connectivity index (χ3n) is 16.2. The largest absolute Gasteiger partial charge is 0.493 e. The number of esters is 2. The van der Waals surface area contributed by atoms with Crippen LogP contribution in [0.4, 0.5) is 4.79 Å². The molecular formula is C55H60N4O14. The number of nitrogens with zero attached hydrogens (tertiary/aromatic N) is 4. The van der Waals surface area contributed by atoms with Crippen molar-refractivity contribution in [2.75, 3.05) is 60.9 Å². The summed E-state index contributed by atoms with van der Waals surface area (Å²) in [5.41, 5.74) is 4.68. The summed E-state index contributed by atoms with van der Waals surface area (Å²) >= 11 is 0. The number of likely N-dealkylation sites (tertiary alicyclic amines) is 2. The predicted molar refractivity (Wildman–Crippen MR) is 263 cm³/mol. The fourth-order valence-electron chi connectivity index (χ4n) is 12.3. The summed E-state index contributed by atoms with van der Waals surface area (Å²) in [4.78, 5) is 61.3. The minimum absolute atomic E-state index is 0.0951. The van der Waals surface area contributed by atoms with Crippen molar-refractivity contribution in [3.05, 3.63) is 97.8 Å². The van der Waals surface area contributed by atoms with E-state index < -0.39 is 23.6 Å². The summed E-state index contributed by atoms with van der Waals surface area (Å²) < 4.78 is 45.6. The highest BCUT2D eigenvalue weighted by atomic mass is 16.7. The van der Waals surface area contributed by atoms with E-state index in [2.05, 4.69) is 11.8 Å². The van der Waals surface area contributed by atoms with Crippen molar-refractivity contribution < 1.29 is 62.5 Å². The molecule has 0 spiro atoms. The number of benzene rings is 3. The predicted octanol–water partition coefficient (Wildman–Crippen LogP) is 6.50. The number of amides is 1. The van der Waals surface area contributed by atoms with Gasteiger partial charge in [0.2, 0.25) is 12.5 Å². The minimum atomic E-state index is -1.86. The Morgan fingerprint density at radius 1 is 0.836 bits per heavy atom. The van der Waals surface area contributed by atoms with Crippen LogP contribution in [0.2, 0.25) is 0 Å². The van der Waals surface area contributed by atoms with Crippen LogP contribution in [-0.4, -0.2) is 115 Å². The van der Waals surface area contributed by atoms with Crippen molar-refractivity contribution in [3.63, 3.8) is 0 Å². The van der Waals surface area contributed by atoms with Crippen LogP contribution in [0.5, 0.6) is 34.5 Å². The number of cyclic esters (lactones) is 2. The lowest BCUT2D eigenvalue weighted by atomic mass is 9.66. The molecule has 73 heavy (non-hydrogen) atoms. The van der Waals surface area contributed by atoms with Gasteiger partial charge in [0.05, 0.1) is 69.0 Å². The molecule has 1 amide bonds. The first-order chi connectivity index (χ1) is 35.4. The molecule has 3 aromatic carbocycles. The van der Waals surface area contributed by atoms with E-state index >= 15 is 0 Å². The van der Waals surface area contributed by atoms with Crippen LogP contribution in [0.15, 0.2) is 53.3 Å². The minimum Gasteiger partial charge on any atom is -0.493 e. The van der Waals surface area contributed by atoms with Gasteiger partial charge in [-0.2, -0.15) is 0 Å². The van der Waals surface area contributed by atoms with E-state index in [-0.39, 0.29) is 55.9 Å². The van der Waals surface area contributed by atoms with Gasteiger partial charge in [0.25, 0.3) is 5.56 Å². The van der Waals surface area contributed by atoms with E-state index in [1.165, 1.54) is 39.5 Å². The van der Waals surface area contributed by atoms with Crippen molar-refractivity contribution in [1.82, 2.24) is 19.4 Å². The fraction of sp³-hybridized carbons (Fsp3) is 0.473. The monoisotopic (exact) mass is 1000 g/mol. The third-order valence-corrected chi connectivity index (χ3v) is 16.2. The Kier molecular flexibility index (Phi) is 12.7. The highest BCUT2D eigenvalue weighted by molar-refractivity contribution is 5.90. The molecule has 3 fully saturated rings. The first-order valence-corrected chi connectivity index (χ1v) is 25.3. The van der Waals surface area contributed by atoms with Crippen molar-refractivity contribution in [2.45, 2.75) is 95.6 Å². The molecule has 12 rings (SSSR count). The van der Waals surface area contributed by atoms with Gasteiger partial charge in [-0.3, -0.25) is 9.59 Å². The summed E-state index contributed by atoms with van der Waals surface area (Å²) in [7, 11) is 4.63. The van der Waals surface area contributed by atoms with Crippen LogP contribution in [0, 0.1) is 11.8 Å². The number of aliphatic hydroxyl groups is 2. The Morgan fingerprint density at radius 2 is 1.55 bits per heavy atom. The topological polar surface area (TPSA) is 207 Å². The second-order valence-electron chi connectivity index (χ2n) is 19.8. The molecule has 3 saturated heterocycles. The number of aromatic nitrogens is 2. The first kappa shape index (κ1) is 48.4. The highest BCUT2D eigenvalue weighted by Gasteiger charge is 2.52. The Hall–Kier alpha value is -6.89. The second kappa shape index (κ2) is 19.2. The van der Waals surface area contributed by atoms with E-state index in [0.29, 0.717) is 94.7 Å². The van der Waals surface area contributed by atoms with Gasteiger partial charge in [-0.05, 0) is 122 Å². The second-order valence-corrected chi connectivity index (χ2v) is 19.8. The molecule has 18 heteroatoms. The summed E-state index contributed by atoms with van der Waals surface area (Å²) in [6.07, 6.45) is 5.42. The number of carbonyl (C=O) groups excluding carboxylic acids is 3. The smallest absolute Gasteiger partial charge is 0.415 e. The molecule has 0 unspecified atom stereocenters. The molecule has 8 heterocycles. The molecular weight excluding hydrogens is 941 g/mol. The highest BCUT2D eigenvalue weighted by Crippen LogP contribution is 2.55. The summed E-state index contributed by atoms with van der Waals surface area (Å²) in [5.74, 6) is 0.724. The maximum absolute atomic E-state index is 13.6. The molecule has 2 N–H and O–H groups in total. The van der Waals surface area contributed by atoms with Crippen molar-refractivity contribution in [1.29, 1.82) is 0 Å².